The quantitative estimate of drug-likeness (QED) is 0.332. The number of rotatable bonds is 6. The van der Waals surface area contributed by atoms with E-state index in [1.54, 1.807) is 18.3 Å². The van der Waals surface area contributed by atoms with E-state index >= 15 is 0 Å². The molecule has 0 amide bonds. The van der Waals surface area contributed by atoms with Crippen LogP contribution in [0.15, 0.2) is 52.8 Å². The van der Waals surface area contributed by atoms with Gasteiger partial charge < -0.3 is 10.6 Å². The minimum Gasteiger partial charge on any atom is -0.380 e. The number of hydrogen-bond donors (Lipinski definition) is 1. The largest absolute Gasteiger partial charge is 0.380 e. The zero-order valence-electron chi connectivity index (χ0n) is 13.5. The lowest BCUT2D eigenvalue weighted by Crippen LogP contribution is -2.33. The summed E-state index contributed by atoms with van der Waals surface area (Å²) in [5.74, 6) is -1.00. The Morgan fingerprint density at radius 2 is 2.08 bits per heavy atom. The van der Waals surface area contributed by atoms with E-state index in [0.29, 0.717) is 5.56 Å². The normalized spacial score (nSPS) is 12.2. The van der Waals surface area contributed by atoms with Crippen LogP contribution in [0.2, 0.25) is 10.0 Å². The lowest BCUT2D eigenvalue weighted by atomic mass is 10.3. The van der Waals surface area contributed by atoms with E-state index in [4.69, 9.17) is 28.9 Å². The molecule has 0 fully saturated rings. The van der Waals surface area contributed by atoms with Crippen molar-refractivity contribution in [2.75, 3.05) is 13.6 Å². The first-order valence-electron chi connectivity index (χ1n) is 7.07. The molecule has 8 nitrogen and oxygen atoms in total. The van der Waals surface area contributed by atoms with Crippen LogP contribution in [0, 0.1) is 0 Å². The van der Waals surface area contributed by atoms with Gasteiger partial charge in [-0.25, -0.2) is 13.2 Å². The molecule has 0 aliphatic rings. The summed E-state index contributed by atoms with van der Waals surface area (Å²) in [5.41, 5.74) is 6.11. The van der Waals surface area contributed by atoms with Gasteiger partial charge in [-0.05, 0) is 30.3 Å². The summed E-state index contributed by atoms with van der Waals surface area (Å²) in [4.78, 5) is 20.1. The highest BCUT2D eigenvalue weighted by Gasteiger charge is 2.26. The second-order valence-electron chi connectivity index (χ2n) is 5.02. The van der Waals surface area contributed by atoms with Crippen molar-refractivity contribution in [2.45, 2.75) is 4.90 Å². The first kappa shape index (κ1) is 20.1. The number of likely N-dealkylation sites (N-methyl/N-ethyl adjacent to an activating group) is 1. The molecule has 138 valence electrons. The van der Waals surface area contributed by atoms with Crippen LogP contribution in [0.5, 0.6) is 0 Å². The first-order valence-corrected chi connectivity index (χ1v) is 9.26. The molecule has 0 atom stereocenters. The second kappa shape index (κ2) is 8.45. The highest BCUT2D eigenvalue weighted by Crippen LogP contribution is 2.27. The monoisotopic (exact) mass is 416 g/mol. The summed E-state index contributed by atoms with van der Waals surface area (Å²) in [6, 6.07) is 7.25. The Kier molecular flexibility index (Phi) is 6.54. The average molecular weight is 417 g/mol. The Bertz CT molecular complexity index is 936. The summed E-state index contributed by atoms with van der Waals surface area (Å²) >= 11 is 11.7. The average Bonchev–Trinajstić information content (AvgIpc) is 2.62. The van der Waals surface area contributed by atoms with Gasteiger partial charge in [0.05, 0.1) is 5.02 Å². The van der Waals surface area contributed by atoms with Crippen LogP contribution in [0.25, 0.3) is 0 Å². The van der Waals surface area contributed by atoms with Gasteiger partial charge in [-0.1, -0.05) is 28.4 Å². The Balaban J connectivity index is 2.07. The minimum atomic E-state index is -4.05. The van der Waals surface area contributed by atoms with Crippen molar-refractivity contribution in [1.82, 2.24) is 9.29 Å². The van der Waals surface area contributed by atoms with Crippen molar-refractivity contribution < 1.29 is 18.0 Å². The maximum Gasteiger partial charge on any atom is 0.350 e. The fraction of sp³-hybridized carbons (Fsp3) is 0.133. The Morgan fingerprint density at radius 1 is 1.35 bits per heavy atom. The molecule has 0 saturated heterocycles. The van der Waals surface area contributed by atoms with E-state index in [0.717, 1.165) is 4.31 Å². The number of pyridine rings is 1. The third kappa shape index (κ3) is 4.92. The summed E-state index contributed by atoms with van der Waals surface area (Å²) < 4.78 is 25.8. The number of oxime groups is 1. The third-order valence-corrected chi connectivity index (χ3v) is 5.66. The molecule has 11 heteroatoms. The highest BCUT2D eigenvalue weighted by molar-refractivity contribution is 7.89. The van der Waals surface area contributed by atoms with E-state index in [1.807, 2.05) is 0 Å². The van der Waals surface area contributed by atoms with Gasteiger partial charge in [-0.15, -0.1) is 0 Å². The van der Waals surface area contributed by atoms with Gasteiger partial charge >= 0.3 is 5.97 Å². The summed E-state index contributed by atoms with van der Waals surface area (Å²) in [6.45, 7) is -0.602. The molecule has 0 radical (unpaired) electrons. The molecule has 0 spiro atoms. The van der Waals surface area contributed by atoms with E-state index in [1.165, 1.54) is 31.4 Å². The number of benzene rings is 1. The first-order chi connectivity index (χ1) is 12.2. The van der Waals surface area contributed by atoms with E-state index in [2.05, 4.69) is 15.0 Å². The van der Waals surface area contributed by atoms with Crippen molar-refractivity contribution in [3.63, 3.8) is 0 Å². The highest BCUT2D eigenvalue weighted by atomic mass is 35.5. The van der Waals surface area contributed by atoms with Crippen LogP contribution >= 0.6 is 23.2 Å². The third-order valence-electron chi connectivity index (χ3n) is 3.14. The van der Waals surface area contributed by atoms with Crippen molar-refractivity contribution in [3.05, 3.63) is 58.3 Å². The van der Waals surface area contributed by atoms with Gasteiger partial charge in [0, 0.05) is 30.0 Å². The van der Waals surface area contributed by atoms with E-state index in [-0.39, 0.29) is 20.8 Å². The maximum absolute atomic E-state index is 12.5. The van der Waals surface area contributed by atoms with Gasteiger partial charge in [-0.3, -0.25) is 4.98 Å². The number of sulfonamides is 1. The summed E-state index contributed by atoms with van der Waals surface area (Å²) in [6.07, 6.45) is 2.98. The van der Waals surface area contributed by atoms with Crippen LogP contribution < -0.4 is 5.73 Å². The number of aromatic nitrogens is 1. The standard InChI is InChI=1S/C15H14Cl2N4O4S/c1-21(26(23,24)13-7-11(16)4-5-12(13)17)9-14(22)25-20-15(18)10-3-2-6-19-8-10/h2-8H,9H2,1H3,(H2,18,20). The van der Waals surface area contributed by atoms with E-state index < -0.39 is 22.5 Å². The maximum atomic E-state index is 12.5. The zero-order chi connectivity index (χ0) is 19.3. The van der Waals surface area contributed by atoms with Crippen molar-refractivity contribution in [3.8, 4) is 0 Å². The number of carbonyl (C=O) groups is 1. The lowest BCUT2D eigenvalue weighted by Gasteiger charge is -2.16. The van der Waals surface area contributed by atoms with Crippen molar-refractivity contribution >= 4 is 45.0 Å². The smallest absolute Gasteiger partial charge is 0.350 e. The molecule has 1 aromatic heterocycles. The van der Waals surface area contributed by atoms with Gasteiger partial charge in [0.1, 0.15) is 11.4 Å². The number of amidine groups is 1. The molecule has 1 aromatic carbocycles. The molecule has 0 saturated carbocycles. The number of nitrogens with zero attached hydrogens (tertiary/aromatic N) is 3. The van der Waals surface area contributed by atoms with Crippen LogP contribution in [-0.2, 0) is 19.7 Å². The fourth-order valence-corrected chi connectivity index (χ4v) is 3.65. The molecule has 0 unspecified atom stereocenters. The lowest BCUT2D eigenvalue weighted by molar-refractivity contribution is -0.143. The van der Waals surface area contributed by atoms with Crippen LogP contribution in [-0.4, -0.2) is 43.1 Å². The number of carbonyl (C=O) groups excluding carboxylic acids is 1. The number of hydrogen-bond acceptors (Lipinski definition) is 6. The van der Waals surface area contributed by atoms with Crippen LogP contribution in [0.1, 0.15) is 5.56 Å². The molecule has 26 heavy (non-hydrogen) atoms. The molecule has 0 aliphatic heterocycles. The van der Waals surface area contributed by atoms with Gasteiger partial charge in [-0.2, -0.15) is 4.31 Å². The molecule has 1 heterocycles. The summed E-state index contributed by atoms with van der Waals surface area (Å²) in [5, 5.41) is 3.64. The topological polar surface area (TPSA) is 115 Å². The predicted octanol–water partition coefficient (Wildman–Crippen LogP) is 1.87. The Labute approximate surface area is 160 Å². The Hall–Kier alpha value is -2.20. The van der Waals surface area contributed by atoms with Crippen LogP contribution in [0.4, 0.5) is 0 Å². The molecular weight excluding hydrogens is 403 g/mol. The molecule has 0 aliphatic carbocycles. The molecule has 2 N–H and O–H groups in total. The zero-order valence-corrected chi connectivity index (χ0v) is 15.8. The van der Waals surface area contributed by atoms with Gasteiger partial charge in [0.2, 0.25) is 10.0 Å². The Morgan fingerprint density at radius 3 is 2.73 bits per heavy atom. The number of nitrogens with two attached hydrogens (primary N) is 1. The van der Waals surface area contributed by atoms with Crippen molar-refractivity contribution in [2.24, 2.45) is 10.9 Å². The molecule has 2 rings (SSSR count). The van der Waals surface area contributed by atoms with Crippen LogP contribution in [0.3, 0.4) is 0 Å². The van der Waals surface area contributed by atoms with E-state index in [9.17, 15) is 13.2 Å². The van der Waals surface area contributed by atoms with Crippen molar-refractivity contribution in [1.29, 1.82) is 0 Å². The van der Waals surface area contributed by atoms with Gasteiger partial charge in [0.15, 0.2) is 5.84 Å². The number of halogens is 2. The second-order valence-corrected chi connectivity index (χ2v) is 7.87. The van der Waals surface area contributed by atoms with Gasteiger partial charge in [0.25, 0.3) is 0 Å². The molecular formula is C15H14Cl2N4O4S. The minimum absolute atomic E-state index is 0.0199. The molecule has 2 aromatic rings. The SMILES string of the molecule is CN(CC(=O)O/N=C(/N)c1cccnc1)S(=O)(=O)c1cc(Cl)ccc1Cl. The molecule has 0 bridgehead atoms. The predicted molar refractivity (Wildman–Crippen MR) is 97.3 cm³/mol. The fourth-order valence-electron chi connectivity index (χ4n) is 1.81. The summed E-state index contributed by atoms with van der Waals surface area (Å²) in [7, 11) is -2.86.